The fourth-order valence-corrected chi connectivity index (χ4v) is 2.59. The lowest BCUT2D eigenvalue weighted by molar-refractivity contribution is -0.118. The lowest BCUT2D eigenvalue weighted by Gasteiger charge is -2.01. The van der Waals surface area contributed by atoms with Gasteiger partial charge in [0.25, 0.3) is 0 Å². The number of hydrogen-bond acceptors (Lipinski definition) is 3. The fourth-order valence-electron chi connectivity index (χ4n) is 1.62. The summed E-state index contributed by atoms with van der Waals surface area (Å²) in [6.45, 7) is 0. The Kier molecular flexibility index (Phi) is 6.31. The zero-order valence-electron chi connectivity index (χ0n) is 11.3. The molecule has 0 aliphatic rings. The second-order valence-corrected chi connectivity index (χ2v) is 5.69. The molecule has 21 heavy (non-hydrogen) atoms. The van der Waals surface area contributed by atoms with E-state index in [4.69, 9.17) is 11.6 Å². The van der Waals surface area contributed by atoms with E-state index in [2.05, 4.69) is 10.5 Å². The summed E-state index contributed by atoms with van der Waals surface area (Å²) in [7, 11) is 0. The van der Waals surface area contributed by atoms with Crippen LogP contribution >= 0.6 is 23.4 Å². The minimum Gasteiger partial charge on any atom is -0.272 e. The standard InChI is InChI=1S/C16H15ClN2OS/c17-15-9-5-4-8-14(15)10-18-19-16(20)12-21-11-13-6-2-1-3-7-13/h1-10H,11-12H2,(H,19,20)/b18-10-. The Balaban J connectivity index is 1.71. The molecule has 1 amide bonds. The first-order valence-corrected chi connectivity index (χ1v) is 7.97. The normalized spacial score (nSPS) is 10.7. The number of thioether (sulfide) groups is 1. The van der Waals surface area contributed by atoms with E-state index in [0.717, 1.165) is 11.3 Å². The maximum absolute atomic E-state index is 11.6. The monoisotopic (exact) mass is 318 g/mol. The van der Waals surface area contributed by atoms with Gasteiger partial charge in [0, 0.05) is 16.3 Å². The lowest BCUT2D eigenvalue weighted by Crippen LogP contribution is -2.19. The molecule has 0 atom stereocenters. The van der Waals surface area contributed by atoms with Crippen LogP contribution in [0, 0.1) is 0 Å². The Morgan fingerprint density at radius 3 is 2.62 bits per heavy atom. The first kappa shape index (κ1) is 15.6. The summed E-state index contributed by atoms with van der Waals surface area (Å²) in [5.74, 6) is 1.05. The van der Waals surface area contributed by atoms with Crippen molar-refractivity contribution in [2.24, 2.45) is 5.10 Å². The zero-order chi connectivity index (χ0) is 14.9. The van der Waals surface area contributed by atoms with Gasteiger partial charge < -0.3 is 0 Å². The van der Waals surface area contributed by atoms with Gasteiger partial charge in [0.05, 0.1) is 12.0 Å². The van der Waals surface area contributed by atoms with Crippen molar-refractivity contribution < 1.29 is 4.79 Å². The van der Waals surface area contributed by atoms with Gasteiger partial charge in [-0.3, -0.25) is 4.79 Å². The van der Waals surface area contributed by atoms with Crippen molar-refractivity contribution in [2.45, 2.75) is 5.75 Å². The van der Waals surface area contributed by atoms with Crippen LogP contribution in [0.15, 0.2) is 59.7 Å². The summed E-state index contributed by atoms with van der Waals surface area (Å²) < 4.78 is 0. The quantitative estimate of drug-likeness (QED) is 0.651. The molecule has 108 valence electrons. The Morgan fingerprint density at radius 2 is 1.86 bits per heavy atom. The molecule has 0 heterocycles. The van der Waals surface area contributed by atoms with E-state index in [9.17, 15) is 4.79 Å². The SMILES string of the molecule is O=C(CSCc1ccccc1)N/N=C\c1ccccc1Cl. The molecule has 2 aromatic rings. The van der Waals surface area contributed by atoms with Gasteiger partial charge in [-0.05, 0) is 11.6 Å². The molecule has 1 N–H and O–H groups in total. The molecule has 0 fully saturated rings. The molecule has 0 saturated carbocycles. The summed E-state index contributed by atoms with van der Waals surface area (Å²) in [5.41, 5.74) is 4.47. The highest BCUT2D eigenvalue weighted by Crippen LogP contribution is 2.12. The van der Waals surface area contributed by atoms with Crippen LogP contribution in [-0.2, 0) is 10.5 Å². The number of hydrogen-bond donors (Lipinski definition) is 1. The van der Waals surface area contributed by atoms with Crippen LogP contribution in [-0.4, -0.2) is 17.9 Å². The van der Waals surface area contributed by atoms with Crippen molar-refractivity contribution in [3.05, 3.63) is 70.7 Å². The minimum atomic E-state index is -0.126. The van der Waals surface area contributed by atoms with Crippen LogP contribution in [0.5, 0.6) is 0 Å². The molecule has 0 aliphatic heterocycles. The average Bonchev–Trinajstić information content (AvgIpc) is 2.50. The summed E-state index contributed by atoms with van der Waals surface area (Å²) >= 11 is 7.53. The van der Waals surface area contributed by atoms with Gasteiger partial charge >= 0.3 is 0 Å². The zero-order valence-corrected chi connectivity index (χ0v) is 12.9. The summed E-state index contributed by atoms with van der Waals surface area (Å²) in [5, 5.41) is 4.51. The third-order valence-corrected chi connectivity index (χ3v) is 3.99. The molecule has 2 rings (SSSR count). The first-order chi connectivity index (χ1) is 10.3. The number of benzene rings is 2. The van der Waals surface area contributed by atoms with E-state index in [1.165, 1.54) is 5.56 Å². The molecule has 2 aromatic carbocycles. The van der Waals surface area contributed by atoms with E-state index in [0.29, 0.717) is 10.8 Å². The number of halogens is 1. The third kappa shape index (κ3) is 5.61. The van der Waals surface area contributed by atoms with Gasteiger partial charge in [-0.15, -0.1) is 11.8 Å². The Hall–Kier alpha value is -1.78. The summed E-state index contributed by atoms with van der Waals surface area (Å²) in [4.78, 5) is 11.6. The molecule has 0 spiro atoms. The molecule has 0 radical (unpaired) electrons. The number of nitrogens with zero attached hydrogens (tertiary/aromatic N) is 1. The Labute approximate surface area is 133 Å². The van der Waals surface area contributed by atoms with Crippen molar-refractivity contribution in [3.8, 4) is 0 Å². The number of amides is 1. The van der Waals surface area contributed by atoms with E-state index < -0.39 is 0 Å². The van der Waals surface area contributed by atoms with E-state index in [1.807, 2.05) is 48.5 Å². The molecule has 0 unspecified atom stereocenters. The highest BCUT2D eigenvalue weighted by molar-refractivity contribution is 7.99. The number of carbonyl (C=O) groups excluding carboxylic acids is 1. The maximum Gasteiger partial charge on any atom is 0.250 e. The highest BCUT2D eigenvalue weighted by atomic mass is 35.5. The second kappa shape index (κ2) is 8.49. The summed E-state index contributed by atoms with van der Waals surface area (Å²) in [6.07, 6.45) is 1.54. The molecular weight excluding hydrogens is 304 g/mol. The molecule has 3 nitrogen and oxygen atoms in total. The predicted octanol–water partition coefficient (Wildman–Crippen LogP) is 3.72. The lowest BCUT2D eigenvalue weighted by atomic mass is 10.2. The number of hydrazone groups is 1. The van der Waals surface area contributed by atoms with Crippen LogP contribution in [0.25, 0.3) is 0 Å². The Morgan fingerprint density at radius 1 is 1.14 bits per heavy atom. The van der Waals surface area contributed by atoms with Crippen LogP contribution in [0.1, 0.15) is 11.1 Å². The van der Waals surface area contributed by atoms with Crippen LogP contribution < -0.4 is 5.43 Å². The van der Waals surface area contributed by atoms with Crippen molar-refractivity contribution in [1.82, 2.24) is 5.43 Å². The molecular formula is C16H15ClN2OS. The van der Waals surface area contributed by atoms with Gasteiger partial charge in [0.1, 0.15) is 0 Å². The van der Waals surface area contributed by atoms with E-state index in [-0.39, 0.29) is 5.91 Å². The maximum atomic E-state index is 11.6. The molecule has 0 aromatic heterocycles. The van der Waals surface area contributed by atoms with Crippen molar-refractivity contribution in [1.29, 1.82) is 0 Å². The molecule has 0 saturated heterocycles. The van der Waals surface area contributed by atoms with Gasteiger partial charge in [-0.25, -0.2) is 5.43 Å². The van der Waals surface area contributed by atoms with Crippen molar-refractivity contribution in [2.75, 3.05) is 5.75 Å². The van der Waals surface area contributed by atoms with Crippen molar-refractivity contribution >= 4 is 35.5 Å². The van der Waals surface area contributed by atoms with E-state index in [1.54, 1.807) is 24.0 Å². The van der Waals surface area contributed by atoms with Crippen LogP contribution in [0.3, 0.4) is 0 Å². The van der Waals surface area contributed by atoms with Gasteiger partial charge in [-0.1, -0.05) is 60.1 Å². The second-order valence-electron chi connectivity index (χ2n) is 4.29. The largest absolute Gasteiger partial charge is 0.272 e. The number of rotatable bonds is 6. The average molecular weight is 319 g/mol. The Bertz CT molecular complexity index is 617. The van der Waals surface area contributed by atoms with Gasteiger partial charge in [-0.2, -0.15) is 5.10 Å². The number of carbonyl (C=O) groups is 1. The topological polar surface area (TPSA) is 41.5 Å². The van der Waals surface area contributed by atoms with Crippen LogP contribution in [0.2, 0.25) is 5.02 Å². The predicted molar refractivity (Wildman–Crippen MR) is 89.8 cm³/mol. The third-order valence-electron chi connectivity index (χ3n) is 2.64. The fraction of sp³-hybridized carbons (Fsp3) is 0.125. The highest BCUT2D eigenvalue weighted by Gasteiger charge is 2.00. The van der Waals surface area contributed by atoms with Crippen LogP contribution in [0.4, 0.5) is 0 Å². The minimum absolute atomic E-state index is 0.126. The molecule has 5 heteroatoms. The van der Waals surface area contributed by atoms with Gasteiger partial charge in [0.15, 0.2) is 0 Å². The van der Waals surface area contributed by atoms with Gasteiger partial charge in [0.2, 0.25) is 5.91 Å². The molecule has 0 bridgehead atoms. The smallest absolute Gasteiger partial charge is 0.250 e. The van der Waals surface area contributed by atoms with Crippen molar-refractivity contribution in [3.63, 3.8) is 0 Å². The molecule has 0 aliphatic carbocycles. The summed E-state index contributed by atoms with van der Waals surface area (Å²) in [6, 6.07) is 17.4. The van der Waals surface area contributed by atoms with E-state index >= 15 is 0 Å². The first-order valence-electron chi connectivity index (χ1n) is 6.44. The number of nitrogens with one attached hydrogen (secondary N) is 1.